The van der Waals surface area contributed by atoms with Crippen LogP contribution in [0.25, 0.3) is 0 Å². The lowest BCUT2D eigenvalue weighted by molar-refractivity contribution is -0.134. The Balaban J connectivity index is 1.83. The molecular formula is C15H22N2O2. The first-order chi connectivity index (χ1) is 9.20. The number of hydrogen-bond donors (Lipinski definition) is 1. The first kappa shape index (κ1) is 13.7. The normalized spacial score (nSPS) is 14.2. The van der Waals surface area contributed by atoms with E-state index in [2.05, 4.69) is 6.92 Å². The Labute approximate surface area is 114 Å². The van der Waals surface area contributed by atoms with Crippen LogP contribution >= 0.6 is 0 Å². The Kier molecular flexibility index (Phi) is 4.66. The maximum Gasteiger partial charge on any atom is 0.260 e. The number of carbonyl (C=O) groups is 1. The van der Waals surface area contributed by atoms with Gasteiger partial charge < -0.3 is 15.4 Å². The number of nitrogen functional groups attached to an aromatic ring is 1. The Morgan fingerprint density at radius 3 is 2.63 bits per heavy atom. The van der Waals surface area contributed by atoms with E-state index in [0.29, 0.717) is 17.5 Å². The van der Waals surface area contributed by atoms with Gasteiger partial charge in [-0.1, -0.05) is 13.3 Å². The zero-order valence-corrected chi connectivity index (χ0v) is 11.5. The molecule has 0 radical (unpaired) electrons. The molecule has 2 N–H and O–H groups in total. The number of nitrogens with two attached hydrogens (primary N) is 1. The van der Waals surface area contributed by atoms with E-state index in [1.165, 1.54) is 0 Å². The zero-order chi connectivity index (χ0) is 13.7. The van der Waals surface area contributed by atoms with E-state index < -0.39 is 0 Å². The van der Waals surface area contributed by atoms with Crippen molar-refractivity contribution in [2.75, 3.05) is 18.9 Å². The third-order valence-electron chi connectivity index (χ3n) is 3.30. The van der Waals surface area contributed by atoms with Crippen molar-refractivity contribution in [2.24, 2.45) is 0 Å². The van der Waals surface area contributed by atoms with Crippen molar-refractivity contribution < 1.29 is 9.53 Å². The fraction of sp³-hybridized carbons (Fsp3) is 0.533. The first-order valence-electron chi connectivity index (χ1n) is 6.98. The van der Waals surface area contributed by atoms with Crippen LogP contribution in [0.4, 0.5) is 5.69 Å². The van der Waals surface area contributed by atoms with Crippen LogP contribution in [0.15, 0.2) is 24.3 Å². The molecule has 19 heavy (non-hydrogen) atoms. The van der Waals surface area contributed by atoms with Crippen LogP contribution in [-0.4, -0.2) is 30.0 Å². The van der Waals surface area contributed by atoms with Crippen LogP contribution in [0.2, 0.25) is 0 Å². The van der Waals surface area contributed by atoms with Gasteiger partial charge in [0.25, 0.3) is 5.91 Å². The standard InChI is InChI=1S/C15H22N2O2/c1-2-3-10-17(13-6-7-13)15(18)11-19-14-8-4-12(16)5-9-14/h4-5,8-9,13H,2-3,6-7,10-11,16H2,1H3. The molecule has 0 heterocycles. The second kappa shape index (κ2) is 6.45. The number of amides is 1. The van der Waals surface area contributed by atoms with Gasteiger partial charge in [-0.05, 0) is 43.5 Å². The summed E-state index contributed by atoms with van der Waals surface area (Å²) in [6.07, 6.45) is 4.44. The monoisotopic (exact) mass is 262 g/mol. The van der Waals surface area contributed by atoms with Gasteiger partial charge >= 0.3 is 0 Å². The molecule has 2 rings (SSSR count). The molecular weight excluding hydrogens is 240 g/mol. The number of rotatable bonds is 7. The van der Waals surface area contributed by atoms with Crippen molar-refractivity contribution in [3.63, 3.8) is 0 Å². The highest BCUT2D eigenvalue weighted by Crippen LogP contribution is 2.27. The molecule has 1 fully saturated rings. The highest BCUT2D eigenvalue weighted by atomic mass is 16.5. The molecule has 0 unspecified atom stereocenters. The van der Waals surface area contributed by atoms with Crippen LogP contribution in [-0.2, 0) is 4.79 Å². The van der Waals surface area contributed by atoms with E-state index in [4.69, 9.17) is 10.5 Å². The van der Waals surface area contributed by atoms with Crippen LogP contribution < -0.4 is 10.5 Å². The van der Waals surface area contributed by atoms with E-state index in [1.807, 2.05) is 4.90 Å². The summed E-state index contributed by atoms with van der Waals surface area (Å²) in [5.41, 5.74) is 6.30. The summed E-state index contributed by atoms with van der Waals surface area (Å²) in [5, 5.41) is 0. The molecule has 0 atom stereocenters. The average Bonchev–Trinajstić information content (AvgIpc) is 3.23. The Morgan fingerprint density at radius 2 is 2.05 bits per heavy atom. The Morgan fingerprint density at radius 1 is 1.37 bits per heavy atom. The van der Waals surface area contributed by atoms with E-state index in [0.717, 1.165) is 32.2 Å². The molecule has 4 nitrogen and oxygen atoms in total. The minimum Gasteiger partial charge on any atom is -0.484 e. The van der Waals surface area contributed by atoms with Gasteiger partial charge in [0.15, 0.2) is 6.61 Å². The van der Waals surface area contributed by atoms with Gasteiger partial charge in [0.1, 0.15) is 5.75 Å². The lowest BCUT2D eigenvalue weighted by Crippen LogP contribution is -2.37. The summed E-state index contributed by atoms with van der Waals surface area (Å²) in [7, 11) is 0. The topological polar surface area (TPSA) is 55.6 Å². The minimum atomic E-state index is 0.0905. The smallest absolute Gasteiger partial charge is 0.260 e. The second-order valence-corrected chi connectivity index (χ2v) is 5.03. The molecule has 104 valence electrons. The SMILES string of the molecule is CCCCN(C(=O)COc1ccc(N)cc1)C1CC1. The van der Waals surface area contributed by atoms with E-state index in [-0.39, 0.29) is 12.5 Å². The Hall–Kier alpha value is -1.71. The van der Waals surface area contributed by atoms with Crippen molar-refractivity contribution in [1.29, 1.82) is 0 Å². The van der Waals surface area contributed by atoms with Gasteiger partial charge in [0, 0.05) is 18.3 Å². The summed E-state index contributed by atoms with van der Waals surface area (Å²) >= 11 is 0. The van der Waals surface area contributed by atoms with E-state index >= 15 is 0 Å². The number of hydrogen-bond acceptors (Lipinski definition) is 3. The van der Waals surface area contributed by atoms with Gasteiger partial charge in [-0.15, -0.1) is 0 Å². The van der Waals surface area contributed by atoms with Crippen molar-refractivity contribution in [2.45, 2.75) is 38.6 Å². The number of nitrogens with zero attached hydrogens (tertiary/aromatic N) is 1. The summed E-state index contributed by atoms with van der Waals surface area (Å²) in [5.74, 6) is 0.779. The fourth-order valence-corrected chi connectivity index (χ4v) is 2.02. The molecule has 1 saturated carbocycles. The fourth-order valence-electron chi connectivity index (χ4n) is 2.02. The lowest BCUT2D eigenvalue weighted by atomic mass is 10.3. The number of unbranched alkanes of at least 4 members (excludes halogenated alkanes) is 1. The minimum absolute atomic E-state index is 0.0905. The van der Waals surface area contributed by atoms with E-state index in [9.17, 15) is 4.79 Å². The highest BCUT2D eigenvalue weighted by molar-refractivity contribution is 5.78. The number of benzene rings is 1. The first-order valence-corrected chi connectivity index (χ1v) is 6.98. The van der Waals surface area contributed by atoms with Crippen molar-refractivity contribution in [3.8, 4) is 5.75 Å². The van der Waals surface area contributed by atoms with E-state index in [1.54, 1.807) is 24.3 Å². The van der Waals surface area contributed by atoms with Gasteiger partial charge in [-0.3, -0.25) is 4.79 Å². The van der Waals surface area contributed by atoms with Gasteiger partial charge in [-0.2, -0.15) is 0 Å². The summed E-state index contributed by atoms with van der Waals surface area (Å²) in [6, 6.07) is 7.58. The summed E-state index contributed by atoms with van der Waals surface area (Å²) < 4.78 is 5.51. The summed E-state index contributed by atoms with van der Waals surface area (Å²) in [6.45, 7) is 3.11. The third-order valence-corrected chi connectivity index (χ3v) is 3.30. The molecule has 0 aliphatic heterocycles. The number of ether oxygens (including phenoxy) is 1. The zero-order valence-electron chi connectivity index (χ0n) is 11.5. The average molecular weight is 262 g/mol. The highest BCUT2D eigenvalue weighted by Gasteiger charge is 2.31. The molecule has 1 aliphatic rings. The lowest BCUT2D eigenvalue weighted by Gasteiger charge is -2.22. The van der Waals surface area contributed by atoms with Crippen LogP contribution in [0, 0.1) is 0 Å². The van der Waals surface area contributed by atoms with Gasteiger partial charge in [0.05, 0.1) is 0 Å². The van der Waals surface area contributed by atoms with Gasteiger partial charge in [-0.25, -0.2) is 0 Å². The van der Waals surface area contributed by atoms with Crippen molar-refractivity contribution in [1.82, 2.24) is 4.90 Å². The molecule has 1 aromatic carbocycles. The maximum atomic E-state index is 12.1. The second-order valence-electron chi connectivity index (χ2n) is 5.03. The molecule has 1 amide bonds. The van der Waals surface area contributed by atoms with Crippen LogP contribution in [0.5, 0.6) is 5.75 Å². The number of carbonyl (C=O) groups excluding carboxylic acids is 1. The van der Waals surface area contributed by atoms with Crippen LogP contribution in [0.3, 0.4) is 0 Å². The molecule has 1 aromatic rings. The molecule has 0 bridgehead atoms. The van der Waals surface area contributed by atoms with Crippen LogP contribution in [0.1, 0.15) is 32.6 Å². The van der Waals surface area contributed by atoms with Crippen molar-refractivity contribution >= 4 is 11.6 Å². The predicted octanol–water partition coefficient (Wildman–Crippen LogP) is 2.44. The molecule has 1 aliphatic carbocycles. The van der Waals surface area contributed by atoms with Crippen molar-refractivity contribution in [3.05, 3.63) is 24.3 Å². The molecule has 0 saturated heterocycles. The largest absolute Gasteiger partial charge is 0.484 e. The molecule has 4 heteroatoms. The quantitative estimate of drug-likeness (QED) is 0.768. The number of anilines is 1. The maximum absolute atomic E-state index is 12.1. The molecule has 0 spiro atoms. The third kappa shape index (κ3) is 4.16. The summed E-state index contributed by atoms with van der Waals surface area (Å²) in [4.78, 5) is 14.1. The predicted molar refractivity (Wildman–Crippen MR) is 76.0 cm³/mol. The molecule has 0 aromatic heterocycles. The Bertz CT molecular complexity index is 413. The van der Waals surface area contributed by atoms with Gasteiger partial charge in [0.2, 0.25) is 0 Å².